The second-order valence-corrected chi connectivity index (χ2v) is 14.7. The maximum Gasteiger partial charge on any atom is 0.0550 e. The van der Waals surface area contributed by atoms with Gasteiger partial charge >= 0.3 is 0 Å². The summed E-state index contributed by atoms with van der Waals surface area (Å²) in [6, 6.07) is 49.5. The van der Waals surface area contributed by atoms with Crippen LogP contribution in [0.2, 0.25) is 0 Å². The van der Waals surface area contributed by atoms with Gasteiger partial charge in [0.25, 0.3) is 0 Å². The van der Waals surface area contributed by atoms with Crippen molar-refractivity contribution in [2.75, 3.05) is 0 Å². The summed E-state index contributed by atoms with van der Waals surface area (Å²) in [7, 11) is 0. The first kappa shape index (κ1) is 28.4. The molecule has 6 aromatic carbocycles. The number of hydrogen-bond donors (Lipinski definition) is 0. The Balaban J connectivity index is 1.43. The van der Waals surface area contributed by atoms with Crippen molar-refractivity contribution < 1.29 is 0 Å². The lowest BCUT2D eigenvalue weighted by Crippen LogP contribution is -2.11. The fraction of sp³-hybridized carbons (Fsp3) is 0.182. The molecule has 226 valence electrons. The maximum atomic E-state index is 2.44. The number of hydrogen-bond acceptors (Lipinski definition) is 0. The van der Waals surface area contributed by atoms with Crippen molar-refractivity contribution in [1.82, 2.24) is 9.13 Å². The van der Waals surface area contributed by atoms with E-state index in [2.05, 4.69) is 184 Å². The normalized spacial score (nSPS) is 12.6. The van der Waals surface area contributed by atoms with E-state index in [1.54, 1.807) is 0 Å². The Kier molecular flexibility index (Phi) is 6.31. The molecule has 8 aromatic rings. The average Bonchev–Trinajstić information content (AvgIpc) is 3.57. The van der Waals surface area contributed by atoms with Crippen LogP contribution in [-0.2, 0) is 10.8 Å². The summed E-state index contributed by atoms with van der Waals surface area (Å²) in [4.78, 5) is 0. The smallest absolute Gasteiger partial charge is 0.0550 e. The van der Waals surface area contributed by atoms with Crippen LogP contribution in [0.15, 0.2) is 133 Å². The lowest BCUT2D eigenvalue weighted by Gasteiger charge is -2.22. The molecule has 0 amide bonds. The van der Waals surface area contributed by atoms with Gasteiger partial charge in [0.2, 0.25) is 0 Å². The summed E-state index contributed by atoms with van der Waals surface area (Å²) in [6.45, 7) is 13.8. The largest absolute Gasteiger partial charge is 0.309 e. The minimum Gasteiger partial charge on any atom is -0.309 e. The first-order chi connectivity index (χ1) is 22.1. The molecule has 0 saturated heterocycles. The van der Waals surface area contributed by atoms with Crippen molar-refractivity contribution in [3.63, 3.8) is 0 Å². The van der Waals surface area contributed by atoms with Gasteiger partial charge in [-0.1, -0.05) is 114 Å². The lowest BCUT2D eigenvalue weighted by molar-refractivity contribution is 0.591. The summed E-state index contributed by atoms with van der Waals surface area (Å²) in [5.41, 5.74) is 12.5. The average molecular weight is 597 g/mol. The van der Waals surface area contributed by atoms with Crippen LogP contribution in [0.1, 0.15) is 52.7 Å². The van der Waals surface area contributed by atoms with Crippen molar-refractivity contribution in [1.29, 1.82) is 0 Å². The van der Waals surface area contributed by atoms with Gasteiger partial charge in [0, 0.05) is 32.9 Å². The van der Waals surface area contributed by atoms with Crippen molar-refractivity contribution in [2.24, 2.45) is 0 Å². The molecular formula is C44H40N2. The predicted octanol–water partition coefficient (Wildman–Crippen LogP) is 12.1. The molecule has 2 heterocycles. The first-order valence-corrected chi connectivity index (χ1v) is 16.4. The third kappa shape index (κ3) is 4.47. The fourth-order valence-corrected chi connectivity index (χ4v) is 7.14. The second kappa shape index (κ2) is 10.2. The minimum atomic E-state index is -0.0177. The molecule has 46 heavy (non-hydrogen) atoms. The third-order valence-electron chi connectivity index (χ3n) is 9.61. The summed E-state index contributed by atoms with van der Waals surface area (Å²) in [5.74, 6) is 0. The molecule has 8 rings (SSSR count). The van der Waals surface area contributed by atoms with E-state index in [1.807, 2.05) is 0 Å². The van der Waals surface area contributed by atoms with Gasteiger partial charge in [-0.15, -0.1) is 0 Å². The molecule has 0 bridgehead atoms. The zero-order valence-electron chi connectivity index (χ0n) is 27.6. The molecule has 0 spiro atoms. The van der Waals surface area contributed by atoms with Crippen molar-refractivity contribution in [2.45, 2.75) is 52.4 Å². The number of rotatable bonds is 3. The Morgan fingerprint density at radius 3 is 1.70 bits per heavy atom. The molecule has 2 aromatic heterocycles. The highest BCUT2D eigenvalue weighted by Gasteiger charge is 2.23. The van der Waals surface area contributed by atoms with Crippen molar-refractivity contribution >= 4 is 43.6 Å². The van der Waals surface area contributed by atoms with E-state index in [0.717, 1.165) is 0 Å². The van der Waals surface area contributed by atoms with Gasteiger partial charge < -0.3 is 9.13 Å². The SMILES string of the molecule is CC(C)(C)c1ccc2c(c1)c1ccccc1n2-c1cccc(-c2cc(C(C)(C)C)cc3c2c2ccccc2n3-c2ccccc2)c1. The van der Waals surface area contributed by atoms with E-state index in [4.69, 9.17) is 0 Å². The van der Waals surface area contributed by atoms with Crippen LogP contribution >= 0.6 is 0 Å². The Labute approximate surface area is 271 Å². The van der Waals surface area contributed by atoms with E-state index in [1.165, 1.54) is 77.2 Å². The number of para-hydroxylation sites is 3. The highest BCUT2D eigenvalue weighted by atomic mass is 15.0. The molecule has 0 N–H and O–H groups in total. The Morgan fingerprint density at radius 2 is 0.978 bits per heavy atom. The third-order valence-corrected chi connectivity index (χ3v) is 9.61. The van der Waals surface area contributed by atoms with Crippen molar-refractivity contribution in [3.05, 3.63) is 145 Å². The summed E-state index contributed by atoms with van der Waals surface area (Å²) in [5, 5.41) is 5.16. The van der Waals surface area contributed by atoms with Gasteiger partial charge in [0.15, 0.2) is 0 Å². The van der Waals surface area contributed by atoms with E-state index in [9.17, 15) is 0 Å². The molecule has 0 atom stereocenters. The molecule has 2 nitrogen and oxygen atoms in total. The second-order valence-electron chi connectivity index (χ2n) is 14.7. The predicted molar refractivity (Wildman–Crippen MR) is 198 cm³/mol. The lowest BCUT2D eigenvalue weighted by atomic mass is 9.84. The van der Waals surface area contributed by atoms with Gasteiger partial charge in [-0.05, 0) is 93.7 Å². The highest BCUT2D eigenvalue weighted by molar-refractivity contribution is 6.16. The highest BCUT2D eigenvalue weighted by Crippen LogP contribution is 2.43. The Hall–Kier alpha value is -5.08. The number of nitrogens with zero attached hydrogens (tertiary/aromatic N) is 2. The topological polar surface area (TPSA) is 9.86 Å². The molecule has 0 fully saturated rings. The van der Waals surface area contributed by atoms with Gasteiger partial charge in [-0.3, -0.25) is 0 Å². The number of fused-ring (bicyclic) bond motifs is 6. The summed E-state index contributed by atoms with van der Waals surface area (Å²) >= 11 is 0. The van der Waals surface area contributed by atoms with Gasteiger partial charge in [0.1, 0.15) is 0 Å². The molecule has 0 aliphatic rings. The zero-order chi connectivity index (χ0) is 31.8. The monoisotopic (exact) mass is 596 g/mol. The van der Waals surface area contributed by atoms with Crippen LogP contribution < -0.4 is 0 Å². The van der Waals surface area contributed by atoms with E-state index in [0.29, 0.717) is 0 Å². The number of benzene rings is 6. The summed E-state index contributed by atoms with van der Waals surface area (Å²) in [6.07, 6.45) is 0. The van der Waals surface area contributed by atoms with E-state index >= 15 is 0 Å². The molecule has 0 radical (unpaired) electrons. The molecule has 2 heteroatoms. The molecular weight excluding hydrogens is 556 g/mol. The quantitative estimate of drug-likeness (QED) is 0.192. The molecule has 0 aliphatic carbocycles. The van der Waals surface area contributed by atoms with Crippen LogP contribution in [0, 0.1) is 0 Å². The zero-order valence-corrected chi connectivity index (χ0v) is 27.6. The molecule has 0 unspecified atom stereocenters. The van der Waals surface area contributed by atoms with Gasteiger partial charge in [0.05, 0.1) is 22.1 Å². The van der Waals surface area contributed by atoms with Gasteiger partial charge in [-0.25, -0.2) is 0 Å². The van der Waals surface area contributed by atoms with Crippen LogP contribution in [0.5, 0.6) is 0 Å². The maximum absolute atomic E-state index is 2.44. The molecule has 0 saturated carbocycles. The van der Waals surface area contributed by atoms with E-state index < -0.39 is 0 Å². The molecule has 0 aliphatic heterocycles. The minimum absolute atomic E-state index is 0.0177. The van der Waals surface area contributed by atoms with Crippen LogP contribution in [0.25, 0.3) is 66.1 Å². The summed E-state index contributed by atoms with van der Waals surface area (Å²) < 4.78 is 4.88. The fourth-order valence-electron chi connectivity index (χ4n) is 7.14. The van der Waals surface area contributed by atoms with Gasteiger partial charge in [-0.2, -0.15) is 0 Å². The van der Waals surface area contributed by atoms with Crippen LogP contribution in [0.3, 0.4) is 0 Å². The van der Waals surface area contributed by atoms with Crippen LogP contribution in [0.4, 0.5) is 0 Å². The van der Waals surface area contributed by atoms with Crippen LogP contribution in [-0.4, -0.2) is 9.13 Å². The first-order valence-electron chi connectivity index (χ1n) is 16.4. The Bertz CT molecular complexity index is 2420. The standard InChI is InChI=1S/C44H40N2/c1-43(2,3)30-23-24-40-37(26-30)34-19-10-12-21-38(34)46(40)33-18-14-15-29(25-33)36-27-31(44(4,5)6)28-41-42(36)35-20-11-13-22-39(35)45(41)32-16-8-7-9-17-32/h7-28H,1-6H3. The number of aromatic nitrogens is 2. The van der Waals surface area contributed by atoms with E-state index in [-0.39, 0.29) is 10.8 Å². The van der Waals surface area contributed by atoms with Crippen molar-refractivity contribution in [3.8, 4) is 22.5 Å². The Morgan fingerprint density at radius 1 is 0.391 bits per heavy atom.